The quantitative estimate of drug-likeness (QED) is 0.153. The van der Waals surface area contributed by atoms with Crippen LogP contribution in [0.4, 0.5) is 5.69 Å². The van der Waals surface area contributed by atoms with E-state index >= 15 is 0 Å². The zero-order valence-electron chi connectivity index (χ0n) is 23.4. The van der Waals surface area contributed by atoms with E-state index in [-0.39, 0.29) is 33.0 Å². The molecule has 2 aliphatic rings. The summed E-state index contributed by atoms with van der Waals surface area (Å²) in [7, 11) is 0. The number of Topliss-reactive ketones (excluding diaryl/α,β-unsaturated/α-hetero) is 1. The lowest BCUT2D eigenvalue weighted by molar-refractivity contribution is -0.118. The number of fused-ring (bicyclic) bond motifs is 1. The Morgan fingerprint density at radius 3 is 1.76 bits per heavy atom. The Balaban J connectivity index is 1.38. The molecule has 0 spiro atoms. The minimum atomic E-state index is -1.45. The fourth-order valence-electron chi connectivity index (χ4n) is 5.15. The van der Waals surface area contributed by atoms with Gasteiger partial charge in [-0.25, -0.2) is 14.4 Å². The van der Waals surface area contributed by atoms with Crippen LogP contribution in [0, 0.1) is 0 Å². The highest BCUT2D eigenvalue weighted by Crippen LogP contribution is 2.39. The van der Waals surface area contributed by atoms with Crippen LogP contribution in [0.15, 0.2) is 109 Å². The molecule has 0 radical (unpaired) electrons. The number of amides is 1. The number of halogens is 1. The lowest BCUT2D eigenvalue weighted by atomic mass is 10.1. The Bertz CT molecular complexity index is 1760. The van der Waals surface area contributed by atoms with Crippen LogP contribution < -0.4 is 4.90 Å². The van der Waals surface area contributed by atoms with Crippen molar-refractivity contribution in [2.45, 2.75) is 24.5 Å². The molecular weight excluding hydrogens is 602 g/mol. The first-order chi connectivity index (χ1) is 21.8. The van der Waals surface area contributed by atoms with Crippen LogP contribution in [0.25, 0.3) is 0 Å². The molecule has 0 aromatic heterocycles. The molecule has 0 aliphatic carbocycles. The van der Waals surface area contributed by atoms with Crippen molar-refractivity contribution < 1.29 is 42.9 Å². The van der Waals surface area contributed by atoms with E-state index in [1.165, 1.54) is 42.5 Å². The van der Waals surface area contributed by atoms with Crippen LogP contribution in [0.1, 0.15) is 41.4 Å². The van der Waals surface area contributed by atoms with E-state index in [0.29, 0.717) is 0 Å². The molecular formula is C34H24ClNO9. The van der Waals surface area contributed by atoms with Gasteiger partial charge in [0.25, 0.3) is 5.78 Å². The number of esters is 3. The van der Waals surface area contributed by atoms with Gasteiger partial charge in [-0.05, 0) is 54.6 Å². The monoisotopic (exact) mass is 625 g/mol. The van der Waals surface area contributed by atoms with E-state index in [4.69, 9.17) is 30.5 Å². The SMILES string of the molecule is O=C(OC[C@H]1O[C@@H](N2C(=O)C(=O)c3cc(Cl)ccc32)[C@H](OC(=O)c2ccccc2)[C@@H]1OC(=O)c1ccccc1)c1ccccc1. The van der Waals surface area contributed by atoms with Gasteiger partial charge in [0.05, 0.1) is 27.9 Å². The standard InChI is InChI=1S/C34H24ClNO9/c35-23-16-17-25-24(18-23)27(37)30(38)36(25)31-29(45-34(41)22-14-8-3-9-15-22)28(44-33(40)21-12-6-2-7-13-21)26(43-31)19-42-32(39)20-10-4-1-5-11-20/h1-18,26,28-29,31H,19H2/t26-,28-,29-,31-/m1/s1. The highest BCUT2D eigenvalue weighted by atomic mass is 35.5. The van der Waals surface area contributed by atoms with Gasteiger partial charge < -0.3 is 18.9 Å². The molecule has 11 heteroatoms. The summed E-state index contributed by atoms with van der Waals surface area (Å²) < 4.78 is 23.5. The number of anilines is 1. The molecule has 1 saturated heterocycles. The van der Waals surface area contributed by atoms with Crippen LogP contribution >= 0.6 is 11.6 Å². The van der Waals surface area contributed by atoms with Gasteiger partial charge in [0, 0.05) is 5.02 Å². The minimum absolute atomic E-state index is 0.0287. The van der Waals surface area contributed by atoms with Crippen LogP contribution in [-0.4, -0.2) is 60.7 Å². The number of hydrogen-bond acceptors (Lipinski definition) is 9. The Morgan fingerprint density at radius 1 is 0.689 bits per heavy atom. The molecule has 6 rings (SSSR count). The number of benzene rings is 4. The van der Waals surface area contributed by atoms with E-state index in [0.717, 1.165) is 4.90 Å². The molecule has 1 amide bonds. The number of rotatable bonds is 8. The number of carbonyl (C=O) groups is 5. The zero-order chi connectivity index (χ0) is 31.5. The van der Waals surface area contributed by atoms with Gasteiger partial charge >= 0.3 is 23.8 Å². The van der Waals surface area contributed by atoms with Crippen molar-refractivity contribution in [1.29, 1.82) is 0 Å². The summed E-state index contributed by atoms with van der Waals surface area (Å²) in [4.78, 5) is 66.9. The first kappa shape index (κ1) is 29.7. The lowest BCUT2D eigenvalue weighted by Crippen LogP contribution is -2.49. The first-order valence-corrected chi connectivity index (χ1v) is 14.3. The second-order valence-electron chi connectivity index (χ2n) is 10.2. The summed E-state index contributed by atoms with van der Waals surface area (Å²) in [6.07, 6.45) is -5.50. The predicted octanol–water partition coefficient (Wildman–Crippen LogP) is 4.90. The fraction of sp³-hybridized carbons (Fsp3) is 0.147. The average molecular weight is 626 g/mol. The Morgan fingerprint density at radius 2 is 1.20 bits per heavy atom. The summed E-state index contributed by atoms with van der Waals surface area (Å²) in [5.41, 5.74) is 0.834. The summed E-state index contributed by atoms with van der Waals surface area (Å²) >= 11 is 6.10. The first-order valence-electron chi connectivity index (χ1n) is 13.9. The Labute approximate surface area is 262 Å². The van der Waals surface area contributed by atoms with Gasteiger partial charge in [-0.2, -0.15) is 0 Å². The third-order valence-corrected chi connectivity index (χ3v) is 7.54. The molecule has 4 aromatic rings. The van der Waals surface area contributed by atoms with E-state index in [2.05, 4.69) is 0 Å². The maximum absolute atomic E-state index is 13.4. The maximum Gasteiger partial charge on any atom is 0.338 e. The smallest absolute Gasteiger partial charge is 0.338 e. The highest BCUT2D eigenvalue weighted by molar-refractivity contribution is 6.52. The number of carbonyl (C=O) groups excluding carboxylic acids is 5. The number of hydrogen-bond donors (Lipinski definition) is 0. The summed E-state index contributed by atoms with van der Waals surface area (Å²) in [5.74, 6) is -4.07. The van der Waals surface area contributed by atoms with Crippen LogP contribution in [0.2, 0.25) is 5.02 Å². The topological polar surface area (TPSA) is 126 Å². The van der Waals surface area contributed by atoms with Gasteiger partial charge in [0.1, 0.15) is 12.7 Å². The summed E-state index contributed by atoms with van der Waals surface area (Å²) in [6.45, 7) is -0.445. The summed E-state index contributed by atoms with van der Waals surface area (Å²) in [6, 6.07) is 28.7. The highest BCUT2D eigenvalue weighted by Gasteiger charge is 2.56. The lowest BCUT2D eigenvalue weighted by Gasteiger charge is -2.29. The van der Waals surface area contributed by atoms with E-state index in [1.54, 1.807) is 66.7 Å². The molecule has 4 aromatic carbocycles. The van der Waals surface area contributed by atoms with Crippen LogP contribution in [0.5, 0.6) is 0 Å². The van der Waals surface area contributed by atoms with E-state index in [9.17, 15) is 24.0 Å². The van der Waals surface area contributed by atoms with Crippen molar-refractivity contribution in [3.8, 4) is 0 Å². The van der Waals surface area contributed by atoms with Gasteiger partial charge in [0.15, 0.2) is 18.4 Å². The van der Waals surface area contributed by atoms with Crippen molar-refractivity contribution in [3.63, 3.8) is 0 Å². The molecule has 0 N–H and O–H groups in total. The van der Waals surface area contributed by atoms with Gasteiger partial charge in [0.2, 0.25) is 0 Å². The second-order valence-corrected chi connectivity index (χ2v) is 10.6. The minimum Gasteiger partial charge on any atom is -0.459 e. The van der Waals surface area contributed by atoms with E-state index < -0.39 is 60.7 Å². The van der Waals surface area contributed by atoms with Crippen molar-refractivity contribution in [3.05, 3.63) is 136 Å². The molecule has 10 nitrogen and oxygen atoms in total. The molecule has 2 heterocycles. The largest absolute Gasteiger partial charge is 0.459 e. The molecule has 2 aliphatic heterocycles. The molecule has 1 fully saturated rings. The van der Waals surface area contributed by atoms with Gasteiger partial charge in [-0.1, -0.05) is 66.2 Å². The van der Waals surface area contributed by atoms with Crippen molar-refractivity contribution in [2.24, 2.45) is 0 Å². The average Bonchev–Trinajstić information content (AvgIpc) is 3.52. The zero-order valence-corrected chi connectivity index (χ0v) is 24.2. The molecule has 226 valence electrons. The molecule has 4 atom stereocenters. The van der Waals surface area contributed by atoms with Crippen molar-refractivity contribution in [2.75, 3.05) is 11.5 Å². The van der Waals surface area contributed by atoms with Crippen LogP contribution in [0.3, 0.4) is 0 Å². The molecule has 0 bridgehead atoms. The third kappa shape index (κ3) is 6.06. The van der Waals surface area contributed by atoms with Gasteiger partial charge in [-0.15, -0.1) is 0 Å². The fourth-order valence-corrected chi connectivity index (χ4v) is 5.32. The van der Waals surface area contributed by atoms with E-state index in [1.807, 2.05) is 0 Å². The number of ether oxygens (including phenoxy) is 4. The third-order valence-electron chi connectivity index (χ3n) is 7.31. The van der Waals surface area contributed by atoms with Crippen molar-refractivity contribution >= 4 is 46.9 Å². The normalized spacial score (nSPS) is 20.4. The maximum atomic E-state index is 13.4. The number of nitrogens with zero attached hydrogens (tertiary/aromatic N) is 1. The predicted molar refractivity (Wildman–Crippen MR) is 160 cm³/mol. The summed E-state index contributed by atoms with van der Waals surface area (Å²) in [5, 5.41) is 0.233. The van der Waals surface area contributed by atoms with Crippen molar-refractivity contribution in [1.82, 2.24) is 0 Å². The number of ketones is 1. The molecule has 45 heavy (non-hydrogen) atoms. The van der Waals surface area contributed by atoms with Gasteiger partial charge in [-0.3, -0.25) is 14.5 Å². The Kier molecular flexibility index (Phi) is 8.41. The van der Waals surface area contributed by atoms with Crippen LogP contribution in [-0.2, 0) is 23.7 Å². The molecule has 0 unspecified atom stereocenters. The Hall–Kier alpha value is -5.32. The second kappa shape index (κ2) is 12.7. The molecule has 0 saturated carbocycles.